The van der Waals surface area contributed by atoms with Gasteiger partial charge in [0.15, 0.2) is 0 Å². The Balaban J connectivity index is 1.82. The zero-order chi connectivity index (χ0) is 21.4. The van der Waals surface area contributed by atoms with Crippen molar-refractivity contribution >= 4 is 17.6 Å². The minimum atomic E-state index is -0.519. The Labute approximate surface area is 169 Å². The minimum Gasteiger partial charge on any atom is -0.350 e. The molecule has 8 heteroatoms. The summed E-state index contributed by atoms with van der Waals surface area (Å²) < 4.78 is 27.3. The average molecular weight is 404 g/mol. The normalized spacial score (nSPS) is 16.7. The predicted octanol–water partition coefficient (Wildman–Crippen LogP) is 3.43. The van der Waals surface area contributed by atoms with Crippen LogP contribution in [0.2, 0.25) is 0 Å². The summed E-state index contributed by atoms with van der Waals surface area (Å²) >= 11 is 0. The lowest BCUT2D eigenvalue weighted by atomic mass is 9.93. The summed E-state index contributed by atoms with van der Waals surface area (Å²) in [6, 6.07) is 2.45. The molecule has 156 valence electrons. The number of hydrogen-bond acceptors (Lipinski definition) is 4. The van der Waals surface area contributed by atoms with Crippen LogP contribution in [0.1, 0.15) is 43.6 Å². The first-order valence-corrected chi connectivity index (χ1v) is 9.55. The van der Waals surface area contributed by atoms with E-state index in [2.05, 4.69) is 15.3 Å². The first kappa shape index (κ1) is 22.4. The Morgan fingerprint density at radius 1 is 1.34 bits per heavy atom. The summed E-state index contributed by atoms with van der Waals surface area (Å²) in [6.07, 6.45) is 5.26. The Kier molecular flexibility index (Phi) is 8.18. The largest absolute Gasteiger partial charge is 0.350 e. The third-order valence-electron chi connectivity index (χ3n) is 4.70. The molecule has 0 saturated heterocycles. The molecule has 1 aromatic heterocycles. The van der Waals surface area contributed by atoms with Crippen molar-refractivity contribution in [3.05, 3.63) is 53.4 Å². The van der Waals surface area contributed by atoms with E-state index in [0.717, 1.165) is 12.3 Å². The van der Waals surface area contributed by atoms with E-state index in [-0.39, 0.29) is 36.3 Å². The van der Waals surface area contributed by atoms with Crippen molar-refractivity contribution in [1.29, 1.82) is 0 Å². The Hall–Kier alpha value is -2.90. The zero-order valence-electron chi connectivity index (χ0n) is 16.9. The number of allylic oxidation sites excluding steroid dienone is 3. The van der Waals surface area contributed by atoms with Crippen molar-refractivity contribution in [3.63, 3.8) is 0 Å². The van der Waals surface area contributed by atoms with Crippen LogP contribution in [0.4, 0.5) is 8.78 Å². The van der Waals surface area contributed by atoms with Gasteiger partial charge in [0, 0.05) is 32.5 Å². The van der Waals surface area contributed by atoms with Crippen LogP contribution in [0.15, 0.2) is 46.9 Å². The average Bonchev–Trinajstić information content (AvgIpc) is 2.71. The molecule has 1 aliphatic rings. The maximum Gasteiger partial charge on any atom is 0.269 e. The standard InChI is InChI=1S/C21H26F2N4O2/c1-4-24-14(2)27(3)20(28)10-7-16-6-5-15(11-18(16)23)12-26-21(29)19-9-8-17(22)13-25-19/h6,8-9,11,13,15H,4-5,7,10,12H2,1-3H3,(H,26,29). The quantitative estimate of drug-likeness (QED) is 0.559. The number of rotatable bonds is 7. The Morgan fingerprint density at radius 3 is 2.72 bits per heavy atom. The molecule has 6 nitrogen and oxygen atoms in total. The topological polar surface area (TPSA) is 74.7 Å². The van der Waals surface area contributed by atoms with Crippen LogP contribution < -0.4 is 5.32 Å². The van der Waals surface area contributed by atoms with Crippen LogP contribution in [0.3, 0.4) is 0 Å². The third-order valence-corrected chi connectivity index (χ3v) is 4.70. The second-order valence-corrected chi connectivity index (χ2v) is 6.79. The second kappa shape index (κ2) is 10.6. The van der Waals surface area contributed by atoms with Crippen LogP contribution in [-0.4, -0.2) is 47.7 Å². The Bertz CT molecular complexity index is 832. The molecule has 1 aliphatic carbocycles. The fourth-order valence-corrected chi connectivity index (χ4v) is 2.89. The number of aliphatic imine (C=N–C) groups is 1. The van der Waals surface area contributed by atoms with Gasteiger partial charge in [-0.3, -0.25) is 14.6 Å². The summed E-state index contributed by atoms with van der Waals surface area (Å²) in [4.78, 5) is 33.6. The number of nitrogens with zero attached hydrogens (tertiary/aromatic N) is 3. The molecule has 1 atom stereocenters. The Morgan fingerprint density at radius 2 is 2.10 bits per heavy atom. The first-order valence-electron chi connectivity index (χ1n) is 9.55. The molecular weight excluding hydrogens is 378 g/mol. The van der Waals surface area contributed by atoms with Crippen molar-refractivity contribution in [2.24, 2.45) is 10.9 Å². The van der Waals surface area contributed by atoms with E-state index in [0.29, 0.717) is 30.8 Å². The molecule has 0 aliphatic heterocycles. The monoisotopic (exact) mass is 404 g/mol. The molecule has 0 spiro atoms. The number of carbonyl (C=O) groups excluding carboxylic acids is 2. The van der Waals surface area contributed by atoms with E-state index >= 15 is 0 Å². The highest BCUT2D eigenvalue weighted by Gasteiger charge is 2.19. The molecule has 0 aromatic carbocycles. The molecule has 0 saturated carbocycles. The van der Waals surface area contributed by atoms with Gasteiger partial charge < -0.3 is 10.2 Å². The van der Waals surface area contributed by atoms with Crippen molar-refractivity contribution in [3.8, 4) is 0 Å². The van der Waals surface area contributed by atoms with Crippen LogP contribution in [0.5, 0.6) is 0 Å². The summed E-state index contributed by atoms with van der Waals surface area (Å²) in [5.41, 5.74) is 0.604. The lowest BCUT2D eigenvalue weighted by Crippen LogP contribution is -2.31. The number of halogens is 2. The van der Waals surface area contributed by atoms with Gasteiger partial charge in [-0.15, -0.1) is 0 Å². The van der Waals surface area contributed by atoms with E-state index in [9.17, 15) is 18.4 Å². The summed E-state index contributed by atoms with van der Waals surface area (Å²) in [7, 11) is 1.66. The van der Waals surface area contributed by atoms with Gasteiger partial charge in [0.05, 0.1) is 6.20 Å². The highest BCUT2D eigenvalue weighted by atomic mass is 19.1. The fraction of sp³-hybridized carbons (Fsp3) is 0.429. The molecule has 0 bridgehead atoms. The van der Waals surface area contributed by atoms with E-state index in [1.807, 2.05) is 6.92 Å². The number of hydrogen-bond donors (Lipinski definition) is 1. The van der Waals surface area contributed by atoms with Gasteiger partial charge in [0.1, 0.15) is 23.2 Å². The summed E-state index contributed by atoms with van der Waals surface area (Å²) in [5.74, 6) is -1.00. The lowest BCUT2D eigenvalue weighted by molar-refractivity contribution is -0.126. The van der Waals surface area contributed by atoms with Crippen molar-refractivity contribution < 1.29 is 18.4 Å². The number of pyridine rings is 1. The zero-order valence-corrected chi connectivity index (χ0v) is 16.9. The third kappa shape index (κ3) is 6.58. The maximum absolute atomic E-state index is 14.4. The second-order valence-electron chi connectivity index (χ2n) is 6.79. The van der Waals surface area contributed by atoms with E-state index in [4.69, 9.17) is 0 Å². The molecule has 2 rings (SSSR count). The highest BCUT2D eigenvalue weighted by molar-refractivity contribution is 5.96. The van der Waals surface area contributed by atoms with Gasteiger partial charge >= 0.3 is 0 Å². The number of carbonyl (C=O) groups is 2. The van der Waals surface area contributed by atoms with Crippen LogP contribution in [0, 0.1) is 11.7 Å². The molecule has 2 amide bonds. The minimum absolute atomic E-state index is 0.104. The molecule has 0 fully saturated rings. The molecule has 1 unspecified atom stereocenters. The van der Waals surface area contributed by atoms with Gasteiger partial charge in [0.2, 0.25) is 5.91 Å². The van der Waals surface area contributed by atoms with E-state index in [1.54, 1.807) is 20.0 Å². The summed E-state index contributed by atoms with van der Waals surface area (Å²) in [5, 5.41) is 2.67. The fourth-order valence-electron chi connectivity index (χ4n) is 2.89. The van der Waals surface area contributed by atoms with Gasteiger partial charge in [0.25, 0.3) is 5.91 Å². The number of amidine groups is 1. The highest BCUT2D eigenvalue weighted by Crippen LogP contribution is 2.27. The number of aromatic nitrogens is 1. The maximum atomic E-state index is 14.4. The van der Waals surface area contributed by atoms with E-state index in [1.165, 1.54) is 17.0 Å². The number of amides is 2. The smallest absolute Gasteiger partial charge is 0.269 e. The molecule has 29 heavy (non-hydrogen) atoms. The van der Waals surface area contributed by atoms with Crippen molar-refractivity contribution in [1.82, 2.24) is 15.2 Å². The van der Waals surface area contributed by atoms with Crippen LogP contribution >= 0.6 is 0 Å². The van der Waals surface area contributed by atoms with Crippen molar-refractivity contribution in [2.45, 2.75) is 33.1 Å². The predicted molar refractivity (Wildman–Crippen MR) is 108 cm³/mol. The molecule has 1 N–H and O–H groups in total. The number of nitrogens with one attached hydrogen (secondary N) is 1. The SMILES string of the molecule is CCN=C(C)N(C)C(=O)CCC1=CCC(CNC(=O)c2ccc(F)cn2)C=C1F. The molecule has 0 radical (unpaired) electrons. The molecular formula is C21H26F2N4O2. The van der Waals surface area contributed by atoms with Gasteiger partial charge in [-0.2, -0.15) is 0 Å². The van der Waals surface area contributed by atoms with Gasteiger partial charge in [-0.1, -0.05) is 6.08 Å². The summed E-state index contributed by atoms with van der Waals surface area (Å²) in [6.45, 7) is 4.50. The van der Waals surface area contributed by atoms with Crippen LogP contribution in [0.25, 0.3) is 0 Å². The molecule has 1 aromatic rings. The van der Waals surface area contributed by atoms with Crippen molar-refractivity contribution in [2.75, 3.05) is 20.1 Å². The molecule has 1 heterocycles. The van der Waals surface area contributed by atoms with Crippen LogP contribution in [-0.2, 0) is 4.79 Å². The lowest BCUT2D eigenvalue weighted by Gasteiger charge is -2.20. The van der Waals surface area contributed by atoms with E-state index < -0.39 is 11.7 Å². The van der Waals surface area contributed by atoms with Gasteiger partial charge in [-0.25, -0.2) is 13.8 Å². The van der Waals surface area contributed by atoms with Gasteiger partial charge in [-0.05, 0) is 50.5 Å². The first-order chi connectivity index (χ1) is 13.8.